The number of carboxylic acid groups (broad SMARTS) is 2. The number of carbonyl (C=O) groups is 3. The molecule has 0 heterocycles. The van der Waals surface area contributed by atoms with Gasteiger partial charge in [-0.25, -0.2) is 37.4 Å². The molecule has 1 amide bonds. The van der Waals surface area contributed by atoms with Crippen LogP contribution in [0.15, 0.2) is 39.0 Å². The number of hydrazine groups is 1. The van der Waals surface area contributed by atoms with E-state index >= 15 is 0 Å². The van der Waals surface area contributed by atoms with Gasteiger partial charge in [-0.15, -0.1) is 0 Å². The number of primary sulfonamides is 1. The van der Waals surface area contributed by atoms with Crippen LogP contribution in [0, 0.1) is 0 Å². The van der Waals surface area contributed by atoms with Crippen molar-refractivity contribution in [2.45, 2.75) is 9.79 Å². The van der Waals surface area contributed by atoms with Crippen molar-refractivity contribution in [2.75, 3.05) is 0 Å². The summed E-state index contributed by atoms with van der Waals surface area (Å²) >= 11 is 0. The van der Waals surface area contributed by atoms with E-state index in [2.05, 4.69) is 0 Å². The molecule has 1 rings (SSSR count). The summed E-state index contributed by atoms with van der Waals surface area (Å²) in [5, 5.41) is 22.4. The summed E-state index contributed by atoms with van der Waals surface area (Å²) in [6, 6.07) is 1.86. The van der Waals surface area contributed by atoms with E-state index in [1.54, 1.807) is 5.43 Å². The highest BCUT2D eigenvalue weighted by Crippen LogP contribution is 2.25. The summed E-state index contributed by atoms with van der Waals surface area (Å²) in [5.41, 5.74) is 0.718. The number of hydrogen-bond donors (Lipinski definition) is 5. The molecule has 136 valence electrons. The van der Waals surface area contributed by atoms with E-state index in [1.165, 1.54) is 0 Å². The molecule has 1 aromatic carbocycles. The molecule has 0 fully saturated rings. The standard InChI is InChI=1S/C11H11N3O9S2/c12-14-10(17)6-3-5(25(13,22)23)1-2-7(6)24(20,21)8(11(18)19)4-9(15)16/h1-4H,12H2,(H,14,17)(H,15,16)(H,18,19)(H2,13,22,23)/b8-4+. The van der Waals surface area contributed by atoms with Crippen LogP contribution in [0.2, 0.25) is 0 Å². The summed E-state index contributed by atoms with van der Waals surface area (Å²) in [6.07, 6.45) is -0.0879. The first kappa shape index (κ1) is 20.2. The molecule has 0 aliphatic rings. The van der Waals surface area contributed by atoms with Crippen molar-refractivity contribution >= 4 is 37.7 Å². The number of nitrogens with two attached hydrogens (primary N) is 2. The summed E-state index contributed by atoms with van der Waals surface area (Å²) in [6.45, 7) is 0. The van der Waals surface area contributed by atoms with E-state index in [0.717, 1.165) is 0 Å². The zero-order chi connectivity index (χ0) is 19.6. The maximum Gasteiger partial charge on any atom is 0.348 e. The Kier molecular flexibility index (Phi) is 5.65. The summed E-state index contributed by atoms with van der Waals surface area (Å²) in [4.78, 5) is 30.3. The molecule has 7 N–H and O–H groups in total. The van der Waals surface area contributed by atoms with E-state index in [1.807, 2.05) is 0 Å². The van der Waals surface area contributed by atoms with Gasteiger partial charge in [0.15, 0.2) is 4.91 Å². The average molecular weight is 393 g/mol. The van der Waals surface area contributed by atoms with Crippen molar-refractivity contribution in [1.29, 1.82) is 0 Å². The van der Waals surface area contributed by atoms with Gasteiger partial charge < -0.3 is 10.2 Å². The Balaban J connectivity index is 3.84. The fourth-order valence-corrected chi connectivity index (χ4v) is 3.61. The van der Waals surface area contributed by atoms with Crippen LogP contribution in [-0.2, 0) is 29.4 Å². The monoisotopic (exact) mass is 393 g/mol. The second kappa shape index (κ2) is 6.98. The van der Waals surface area contributed by atoms with Crippen molar-refractivity contribution in [3.63, 3.8) is 0 Å². The number of sulfone groups is 1. The van der Waals surface area contributed by atoms with Gasteiger partial charge in [0.1, 0.15) is 0 Å². The second-order valence-corrected chi connectivity index (χ2v) is 7.78. The first-order valence-electron chi connectivity index (χ1n) is 5.93. The predicted octanol–water partition coefficient (Wildman–Crippen LogP) is -2.24. The minimum Gasteiger partial charge on any atom is -0.478 e. The fourth-order valence-electron chi connectivity index (χ4n) is 1.66. The molecule has 0 spiro atoms. The lowest BCUT2D eigenvalue weighted by Crippen LogP contribution is -2.32. The first-order chi connectivity index (χ1) is 11.3. The Bertz CT molecular complexity index is 994. The SMILES string of the molecule is NNC(=O)c1cc(S(N)(=O)=O)ccc1S(=O)(=O)/C(=C/C(=O)O)C(=O)O. The Hall–Kier alpha value is -2.81. The lowest BCUT2D eigenvalue weighted by molar-refractivity contribution is -0.134. The van der Waals surface area contributed by atoms with Gasteiger partial charge in [0, 0.05) is 6.08 Å². The van der Waals surface area contributed by atoms with E-state index in [0.29, 0.717) is 18.2 Å². The number of carbonyl (C=O) groups excluding carboxylic acids is 1. The molecule has 0 unspecified atom stereocenters. The molecule has 0 saturated heterocycles. The Morgan fingerprint density at radius 3 is 2.04 bits per heavy atom. The van der Waals surface area contributed by atoms with Crippen molar-refractivity contribution in [2.24, 2.45) is 11.0 Å². The summed E-state index contributed by atoms with van der Waals surface area (Å²) in [7, 11) is -9.34. The lowest BCUT2D eigenvalue weighted by Gasteiger charge is -2.11. The maximum atomic E-state index is 12.4. The normalized spacial score (nSPS) is 12.5. The largest absolute Gasteiger partial charge is 0.478 e. The van der Waals surface area contributed by atoms with Crippen molar-refractivity contribution < 1.29 is 41.4 Å². The molecule has 0 radical (unpaired) electrons. The highest BCUT2D eigenvalue weighted by atomic mass is 32.2. The number of sulfonamides is 1. The van der Waals surface area contributed by atoms with E-state index in [-0.39, 0.29) is 6.08 Å². The first-order valence-corrected chi connectivity index (χ1v) is 8.96. The van der Waals surface area contributed by atoms with Gasteiger partial charge in [0.2, 0.25) is 19.9 Å². The topological polar surface area (TPSA) is 224 Å². The van der Waals surface area contributed by atoms with Crippen LogP contribution in [0.25, 0.3) is 0 Å². The number of hydrogen-bond acceptors (Lipinski definition) is 8. The van der Waals surface area contributed by atoms with Crippen LogP contribution in [0.3, 0.4) is 0 Å². The van der Waals surface area contributed by atoms with Gasteiger partial charge in [-0.3, -0.25) is 10.2 Å². The van der Waals surface area contributed by atoms with Crippen LogP contribution in [0.1, 0.15) is 10.4 Å². The number of aliphatic carboxylic acids is 2. The average Bonchev–Trinajstić information content (AvgIpc) is 2.49. The number of amides is 1. The van der Waals surface area contributed by atoms with E-state index in [9.17, 15) is 31.2 Å². The highest BCUT2D eigenvalue weighted by Gasteiger charge is 2.32. The molecule has 0 atom stereocenters. The number of carboxylic acids is 2. The van der Waals surface area contributed by atoms with Crippen molar-refractivity contribution in [3.05, 3.63) is 34.7 Å². The van der Waals surface area contributed by atoms with Gasteiger partial charge in [-0.05, 0) is 18.2 Å². The third-order valence-electron chi connectivity index (χ3n) is 2.70. The van der Waals surface area contributed by atoms with Crippen LogP contribution in [0.4, 0.5) is 0 Å². The molecule has 0 aliphatic carbocycles. The molecule has 0 aromatic heterocycles. The number of rotatable bonds is 6. The quantitative estimate of drug-likeness (QED) is 0.151. The number of nitrogens with one attached hydrogen (secondary N) is 1. The molecule has 1 aromatic rings. The molecule has 0 saturated carbocycles. The summed E-state index contributed by atoms with van der Waals surface area (Å²) < 4.78 is 47.4. The fraction of sp³-hybridized carbons (Fsp3) is 0. The molecular weight excluding hydrogens is 382 g/mol. The smallest absolute Gasteiger partial charge is 0.348 e. The van der Waals surface area contributed by atoms with Gasteiger partial charge in [0.05, 0.1) is 15.4 Å². The Labute approximate surface area is 140 Å². The van der Waals surface area contributed by atoms with Crippen molar-refractivity contribution in [1.82, 2.24) is 5.43 Å². The van der Waals surface area contributed by atoms with Gasteiger partial charge >= 0.3 is 11.9 Å². The summed E-state index contributed by atoms with van der Waals surface area (Å²) in [5.74, 6) is -0.351. The highest BCUT2D eigenvalue weighted by molar-refractivity contribution is 7.96. The minimum atomic E-state index is -5.01. The zero-order valence-corrected chi connectivity index (χ0v) is 13.7. The van der Waals surface area contributed by atoms with E-state index < -0.39 is 58.0 Å². The van der Waals surface area contributed by atoms with Crippen LogP contribution in [-0.4, -0.2) is 44.9 Å². The third kappa shape index (κ3) is 4.38. The molecule has 12 nitrogen and oxygen atoms in total. The van der Waals surface area contributed by atoms with Crippen LogP contribution >= 0.6 is 0 Å². The van der Waals surface area contributed by atoms with Crippen LogP contribution in [0.5, 0.6) is 0 Å². The number of nitrogen functional groups attached to an aromatic ring is 1. The minimum absolute atomic E-state index is 0.0879. The third-order valence-corrected chi connectivity index (χ3v) is 5.42. The van der Waals surface area contributed by atoms with E-state index in [4.69, 9.17) is 21.2 Å². The Morgan fingerprint density at radius 2 is 1.64 bits per heavy atom. The van der Waals surface area contributed by atoms with Gasteiger partial charge in [-0.2, -0.15) is 0 Å². The lowest BCUT2D eigenvalue weighted by atomic mass is 10.2. The number of benzene rings is 1. The second-order valence-electron chi connectivity index (χ2n) is 4.33. The predicted molar refractivity (Wildman–Crippen MR) is 80.0 cm³/mol. The molecular formula is C11H11N3O9S2. The molecule has 25 heavy (non-hydrogen) atoms. The zero-order valence-electron chi connectivity index (χ0n) is 12.0. The molecule has 14 heteroatoms. The molecule has 0 bridgehead atoms. The van der Waals surface area contributed by atoms with Crippen molar-refractivity contribution in [3.8, 4) is 0 Å². The Morgan fingerprint density at radius 1 is 1.08 bits per heavy atom. The van der Waals surface area contributed by atoms with Gasteiger partial charge in [-0.1, -0.05) is 0 Å². The van der Waals surface area contributed by atoms with Crippen LogP contribution < -0.4 is 16.4 Å². The molecule has 0 aliphatic heterocycles. The maximum absolute atomic E-state index is 12.4. The van der Waals surface area contributed by atoms with Gasteiger partial charge in [0.25, 0.3) is 5.91 Å².